The molecule has 1 unspecified atom stereocenters. The summed E-state index contributed by atoms with van der Waals surface area (Å²) in [5.74, 6) is 0.817. The Labute approximate surface area is 158 Å². The molecule has 138 valence electrons. The molecule has 1 aliphatic heterocycles. The van der Waals surface area contributed by atoms with Gasteiger partial charge in [0.1, 0.15) is 0 Å². The number of likely N-dealkylation sites (N-methyl/N-ethyl adjacent to an activating group) is 1. The second-order valence-corrected chi connectivity index (χ2v) is 6.46. The van der Waals surface area contributed by atoms with Gasteiger partial charge in [-0.25, -0.2) is 0 Å². The number of nitrogens with one attached hydrogen (secondary N) is 1. The number of halogens is 1. The van der Waals surface area contributed by atoms with Crippen molar-refractivity contribution < 1.29 is 14.3 Å². The molecule has 0 spiro atoms. The standard InChI is InChI=1S/C20H23ClN2O3/c1-3-23(4-2)17(14-8-6-5-7-9-14)12-22-20(24)15-10-16(21)19-18(11-15)25-13-26-19/h5-11,17H,3-4,12-13H2,1-2H3,(H,22,24). The third-order valence-corrected chi connectivity index (χ3v) is 4.86. The van der Waals surface area contributed by atoms with E-state index in [0.29, 0.717) is 28.6 Å². The Bertz CT molecular complexity index is 763. The van der Waals surface area contributed by atoms with Gasteiger partial charge in [0.25, 0.3) is 5.91 Å². The highest BCUT2D eigenvalue weighted by Crippen LogP contribution is 2.39. The maximum absolute atomic E-state index is 12.6. The van der Waals surface area contributed by atoms with E-state index in [0.717, 1.165) is 13.1 Å². The zero-order valence-corrected chi connectivity index (χ0v) is 15.8. The third-order valence-electron chi connectivity index (χ3n) is 4.58. The Balaban J connectivity index is 1.74. The van der Waals surface area contributed by atoms with Crippen molar-refractivity contribution in [3.05, 3.63) is 58.6 Å². The number of carbonyl (C=O) groups is 1. The summed E-state index contributed by atoms with van der Waals surface area (Å²) in [6, 6.07) is 13.6. The minimum atomic E-state index is -0.182. The van der Waals surface area contributed by atoms with E-state index < -0.39 is 0 Å². The predicted octanol–water partition coefficient (Wildman–Crippen LogP) is 3.88. The van der Waals surface area contributed by atoms with Gasteiger partial charge in [0.2, 0.25) is 6.79 Å². The molecule has 26 heavy (non-hydrogen) atoms. The second-order valence-electron chi connectivity index (χ2n) is 6.05. The number of carbonyl (C=O) groups excluding carboxylic acids is 1. The van der Waals surface area contributed by atoms with Gasteiger partial charge in [-0.2, -0.15) is 0 Å². The van der Waals surface area contributed by atoms with Gasteiger partial charge < -0.3 is 14.8 Å². The molecule has 0 radical (unpaired) electrons. The normalized spacial score (nSPS) is 13.7. The fraction of sp³-hybridized carbons (Fsp3) is 0.350. The van der Waals surface area contributed by atoms with Gasteiger partial charge >= 0.3 is 0 Å². The van der Waals surface area contributed by atoms with E-state index >= 15 is 0 Å². The highest BCUT2D eigenvalue weighted by Gasteiger charge is 2.22. The van der Waals surface area contributed by atoms with Crippen molar-refractivity contribution in [1.82, 2.24) is 10.2 Å². The number of amides is 1. The number of benzene rings is 2. The van der Waals surface area contributed by atoms with Gasteiger partial charge in [0.15, 0.2) is 11.5 Å². The van der Waals surface area contributed by atoms with Crippen LogP contribution in [0.4, 0.5) is 0 Å². The van der Waals surface area contributed by atoms with Crippen LogP contribution in [0.15, 0.2) is 42.5 Å². The van der Waals surface area contributed by atoms with E-state index in [9.17, 15) is 4.79 Å². The molecule has 0 aromatic heterocycles. The fourth-order valence-electron chi connectivity index (χ4n) is 3.19. The predicted molar refractivity (Wildman–Crippen MR) is 102 cm³/mol. The molecule has 1 N–H and O–H groups in total. The average molecular weight is 375 g/mol. The zero-order valence-electron chi connectivity index (χ0n) is 15.0. The van der Waals surface area contributed by atoms with E-state index in [1.165, 1.54) is 5.56 Å². The first kappa shape index (κ1) is 18.5. The topological polar surface area (TPSA) is 50.8 Å². The van der Waals surface area contributed by atoms with E-state index in [1.807, 2.05) is 18.2 Å². The van der Waals surface area contributed by atoms with Gasteiger partial charge in [0.05, 0.1) is 11.1 Å². The minimum Gasteiger partial charge on any atom is -0.454 e. The quantitative estimate of drug-likeness (QED) is 0.799. The third kappa shape index (κ3) is 3.94. The molecule has 1 heterocycles. The highest BCUT2D eigenvalue weighted by molar-refractivity contribution is 6.32. The maximum Gasteiger partial charge on any atom is 0.251 e. The lowest BCUT2D eigenvalue weighted by Crippen LogP contribution is -2.38. The molecule has 0 saturated heterocycles. The average Bonchev–Trinajstić information content (AvgIpc) is 3.15. The molecular weight excluding hydrogens is 352 g/mol. The molecule has 0 aliphatic carbocycles. The van der Waals surface area contributed by atoms with Crippen molar-refractivity contribution in [3.8, 4) is 11.5 Å². The summed E-state index contributed by atoms with van der Waals surface area (Å²) in [6.07, 6.45) is 0. The maximum atomic E-state index is 12.6. The van der Waals surface area contributed by atoms with Gasteiger partial charge in [-0.15, -0.1) is 0 Å². The summed E-state index contributed by atoms with van der Waals surface area (Å²) in [6.45, 7) is 6.69. The van der Waals surface area contributed by atoms with Gasteiger partial charge in [-0.3, -0.25) is 9.69 Å². The van der Waals surface area contributed by atoms with E-state index in [1.54, 1.807) is 12.1 Å². The number of hydrogen-bond donors (Lipinski definition) is 1. The molecule has 1 amide bonds. The van der Waals surface area contributed by atoms with Crippen LogP contribution in [0.25, 0.3) is 0 Å². The van der Waals surface area contributed by atoms with Crippen LogP contribution in [0.1, 0.15) is 35.8 Å². The monoisotopic (exact) mass is 374 g/mol. The summed E-state index contributed by atoms with van der Waals surface area (Å²) in [7, 11) is 0. The fourth-order valence-corrected chi connectivity index (χ4v) is 3.45. The first-order valence-electron chi connectivity index (χ1n) is 8.80. The molecule has 1 aliphatic rings. The van der Waals surface area contributed by atoms with Gasteiger partial charge in [-0.05, 0) is 30.8 Å². The van der Waals surface area contributed by atoms with Crippen LogP contribution < -0.4 is 14.8 Å². The van der Waals surface area contributed by atoms with Crippen molar-refractivity contribution in [1.29, 1.82) is 0 Å². The Morgan fingerprint density at radius 3 is 2.62 bits per heavy atom. The van der Waals surface area contributed by atoms with E-state index in [4.69, 9.17) is 21.1 Å². The van der Waals surface area contributed by atoms with Crippen molar-refractivity contribution >= 4 is 17.5 Å². The Hall–Kier alpha value is -2.24. The van der Waals surface area contributed by atoms with Gasteiger partial charge in [-0.1, -0.05) is 55.8 Å². The van der Waals surface area contributed by atoms with Crippen molar-refractivity contribution in [3.63, 3.8) is 0 Å². The van der Waals surface area contributed by atoms with Crippen LogP contribution >= 0.6 is 11.6 Å². The van der Waals surface area contributed by atoms with Crippen molar-refractivity contribution in [2.45, 2.75) is 19.9 Å². The summed E-state index contributed by atoms with van der Waals surface area (Å²) < 4.78 is 10.6. The van der Waals surface area contributed by atoms with Crippen LogP contribution in [0.5, 0.6) is 11.5 Å². The second kappa shape index (κ2) is 8.43. The highest BCUT2D eigenvalue weighted by atomic mass is 35.5. The Morgan fingerprint density at radius 2 is 1.92 bits per heavy atom. The molecule has 1 atom stereocenters. The van der Waals surface area contributed by atoms with Crippen molar-refractivity contribution in [2.75, 3.05) is 26.4 Å². The smallest absolute Gasteiger partial charge is 0.251 e. The molecule has 0 bridgehead atoms. The molecule has 0 saturated carbocycles. The summed E-state index contributed by atoms with van der Waals surface area (Å²) in [4.78, 5) is 15.0. The van der Waals surface area contributed by atoms with Gasteiger partial charge in [0, 0.05) is 12.1 Å². The molecule has 5 nitrogen and oxygen atoms in total. The molecule has 2 aromatic rings. The zero-order chi connectivity index (χ0) is 18.5. The van der Waals surface area contributed by atoms with Crippen molar-refractivity contribution in [2.24, 2.45) is 0 Å². The lowest BCUT2D eigenvalue weighted by atomic mass is 10.0. The SMILES string of the molecule is CCN(CC)C(CNC(=O)c1cc(Cl)c2c(c1)OCO2)c1ccccc1. The largest absolute Gasteiger partial charge is 0.454 e. The first-order valence-corrected chi connectivity index (χ1v) is 9.18. The summed E-state index contributed by atoms with van der Waals surface area (Å²) in [5, 5.41) is 3.41. The number of fused-ring (bicyclic) bond motifs is 1. The first-order chi connectivity index (χ1) is 12.6. The number of hydrogen-bond acceptors (Lipinski definition) is 4. The lowest BCUT2D eigenvalue weighted by Gasteiger charge is -2.30. The molecule has 0 fully saturated rings. The number of nitrogens with zero attached hydrogens (tertiary/aromatic N) is 1. The van der Waals surface area contributed by atoms with Crippen LogP contribution in [-0.4, -0.2) is 37.2 Å². The van der Waals surface area contributed by atoms with Crippen LogP contribution in [0.2, 0.25) is 5.02 Å². The number of ether oxygens (including phenoxy) is 2. The van der Waals surface area contributed by atoms with E-state index in [2.05, 4.69) is 36.2 Å². The Morgan fingerprint density at radius 1 is 1.19 bits per heavy atom. The molecule has 6 heteroatoms. The number of rotatable bonds is 7. The lowest BCUT2D eigenvalue weighted by molar-refractivity contribution is 0.0934. The molecule has 3 rings (SSSR count). The van der Waals surface area contributed by atoms with Crippen LogP contribution in [0.3, 0.4) is 0 Å². The summed E-state index contributed by atoms with van der Waals surface area (Å²) >= 11 is 6.18. The molecular formula is C20H23ClN2O3. The Kier molecular flexibility index (Phi) is 6.01. The minimum absolute atomic E-state index is 0.111. The van der Waals surface area contributed by atoms with Crippen LogP contribution in [-0.2, 0) is 0 Å². The summed E-state index contributed by atoms with van der Waals surface area (Å²) in [5.41, 5.74) is 1.64. The van der Waals surface area contributed by atoms with Crippen LogP contribution in [0, 0.1) is 0 Å². The molecule has 2 aromatic carbocycles. The van der Waals surface area contributed by atoms with E-state index in [-0.39, 0.29) is 18.7 Å².